The molecule has 3 nitrogen and oxygen atoms in total. The zero-order valence-electron chi connectivity index (χ0n) is 10.7. The highest BCUT2D eigenvalue weighted by Gasteiger charge is 2.31. The highest BCUT2D eigenvalue weighted by atomic mass is 79.9. The molecule has 2 aromatic carbocycles. The van der Waals surface area contributed by atoms with Crippen LogP contribution in [-0.4, -0.2) is 12.3 Å². The molecule has 8 heteroatoms. The number of halogens is 5. The quantitative estimate of drug-likeness (QED) is 0.784. The second-order valence-corrected chi connectivity index (χ2v) is 5.10. The van der Waals surface area contributed by atoms with Crippen LogP contribution in [-0.2, 0) is 0 Å². The topological polar surface area (TPSA) is 38.3 Å². The first kappa shape index (κ1) is 16.3. The Kier molecular flexibility index (Phi) is 4.70. The molecule has 0 radical (unpaired) electrons. The van der Waals surface area contributed by atoms with Gasteiger partial charge in [0.05, 0.1) is 0 Å². The maximum Gasteiger partial charge on any atom is 0.573 e. The molecule has 0 spiro atoms. The molecule has 0 aromatic heterocycles. The van der Waals surface area contributed by atoms with Crippen molar-refractivity contribution in [3.8, 4) is 5.75 Å². The van der Waals surface area contributed by atoms with Crippen molar-refractivity contribution in [2.24, 2.45) is 0 Å². The van der Waals surface area contributed by atoms with E-state index in [2.05, 4.69) is 26.0 Å². The van der Waals surface area contributed by atoms with Crippen LogP contribution in [0.2, 0.25) is 0 Å². The average molecular weight is 378 g/mol. The molecule has 0 saturated heterocycles. The molecule has 0 atom stereocenters. The van der Waals surface area contributed by atoms with Gasteiger partial charge < -0.3 is 10.1 Å². The third-order valence-corrected chi connectivity index (χ3v) is 2.91. The SMILES string of the molecule is O=C(Nc1cccc(OC(F)(F)F)c1)c1cc(F)cc(Br)c1. The van der Waals surface area contributed by atoms with Crippen LogP contribution in [0.5, 0.6) is 5.75 Å². The lowest BCUT2D eigenvalue weighted by Gasteiger charge is -2.11. The van der Waals surface area contributed by atoms with E-state index < -0.39 is 23.8 Å². The second kappa shape index (κ2) is 6.35. The van der Waals surface area contributed by atoms with Gasteiger partial charge in [-0.25, -0.2) is 4.39 Å². The van der Waals surface area contributed by atoms with Gasteiger partial charge in [0.25, 0.3) is 5.91 Å². The molecule has 22 heavy (non-hydrogen) atoms. The Morgan fingerprint density at radius 1 is 1.14 bits per heavy atom. The van der Waals surface area contributed by atoms with E-state index in [9.17, 15) is 22.4 Å². The maximum absolute atomic E-state index is 13.2. The third kappa shape index (κ3) is 4.73. The lowest BCUT2D eigenvalue weighted by Crippen LogP contribution is -2.17. The van der Waals surface area contributed by atoms with E-state index in [1.807, 2.05) is 0 Å². The molecule has 0 bridgehead atoms. The summed E-state index contributed by atoms with van der Waals surface area (Å²) in [5, 5.41) is 2.37. The number of hydrogen-bond acceptors (Lipinski definition) is 2. The minimum absolute atomic E-state index is 0.0222. The molecule has 1 N–H and O–H groups in total. The van der Waals surface area contributed by atoms with Crippen LogP contribution < -0.4 is 10.1 Å². The largest absolute Gasteiger partial charge is 0.573 e. The third-order valence-electron chi connectivity index (χ3n) is 2.45. The van der Waals surface area contributed by atoms with Crippen molar-refractivity contribution in [1.82, 2.24) is 0 Å². The molecule has 2 rings (SSSR count). The highest BCUT2D eigenvalue weighted by Crippen LogP contribution is 2.25. The van der Waals surface area contributed by atoms with Crippen molar-refractivity contribution in [3.63, 3.8) is 0 Å². The van der Waals surface area contributed by atoms with Crippen LogP contribution in [0.25, 0.3) is 0 Å². The normalized spacial score (nSPS) is 11.1. The molecule has 2 aromatic rings. The van der Waals surface area contributed by atoms with Gasteiger partial charge in [-0.15, -0.1) is 13.2 Å². The average Bonchev–Trinajstić information content (AvgIpc) is 2.35. The van der Waals surface area contributed by atoms with E-state index in [4.69, 9.17) is 0 Å². The Morgan fingerprint density at radius 2 is 1.86 bits per heavy atom. The summed E-state index contributed by atoms with van der Waals surface area (Å²) in [6.45, 7) is 0. The fourth-order valence-electron chi connectivity index (χ4n) is 1.66. The molecule has 0 unspecified atom stereocenters. The first-order chi connectivity index (χ1) is 10.2. The van der Waals surface area contributed by atoms with Gasteiger partial charge in [0.2, 0.25) is 0 Å². The molecule has 0 aliphatic carbocycles. The summed E-state index contributed by atoms with van der Waals surface area (Å²) in [7, 11) is 0. The Balaban J connectivity index is 2.16. The number of carbonyl (C=O) groups is 1. The molecule has 0 saturated carbocycles. The summed E-state index contributed by atoms with van der Waals surface area (Å²) in [4.78, 5) is 12.0. The van der Waals surface area contributed by atoms with Gasteiger partial charge >= 0.3 is 6.36 Å². The van der Waals surface area contributed by atoms with Crippen molar-refractivity contribution < 1.29 is 27.1 Å². The lowest BCUT2D eigenvalue weighted by molar-refractivity contribution is -0.274. The smallest absolute Gasteiger partial charge is 0.406 e. The Labute approximate surface area is 131 Å². The van der Waals surface area contributed by atoms with Crippen LogP contribution in [0.1, 0.15) is 10.4 Å². The van der Waals surface area contributed by atoms with Crippen molar-refractivity contribution in [3.05, 3.63) is 58.3 Å². The lowest BCUT2D eigenvalue weighted by atomic mass is 10.2. The minimum atomic E-state index is -4.82. The number of hydrogen-bond donors (Lipinski definition) is 1. The zero-order valence-corrected chi connectivity index (χ0v) is 12.3. The summed E-state index contributed by atoms with van der Waals surface area (Å²) >= 11 is 3.05. The number of alkyl halides is 3. The first-order valence-electron chi connectivity index (χ1n) is 5.86. The summed E-state index contributed by atoms with van der Waals surface area (Å²) in [5.74, 6) is -1.75. The Morgan fingerprint density at radius 3 is 2.50 bits per heavy atom. The van der Waals surface area contributed by atoms with Gasteiger partial charge in [0.1, 0.15) is 11.6 Å². The van der Waals surface area contributed by atoms with Crippen molar-refractivity contribution in [1.29, 1.82) is 0 Å². The van der Waals surface area contributed by atoms with E-state index in [0.717, 1.165) is 18.2 Å². The maximum atomic E-state index is 13.2. The van der Waals surface area contributed by atoms with Gasteiger partial charge in [-0.05, 0) is 30.3 Å². The van der Waals surface area contributed by atoms with Crippen molar-refractivity contribution in [2.45, 2.75) is 6.36 Å². The highest BCUT2D eigenvalue weighted by molar-refractivity contribution is 9.10. The van der Waals surface area contributed by atoms with E-state index >= 15 is 0 Å². The van der Waals surface area contributed by atoms with Crippen LogP contribution in [0.15, 0.2) is 46.9 Å². The Hall–Kier alpha value is -2.09. The van der Waals surface area contributed by atoms with Gasteiger partial charge in [-0.2, -0.15) is 0 Å². The molecule has 0 aliphatic rings. The van der Waals surface area contributed by atoms with Crippen molar-refractivity contribution >= 4 is 27.5 Å². The number of carbonyl (C=O) groups excluding carboxylic acids is 1. The zero-order chi connectivity index (χ0) is 16.3. The van der Waals surface area contributed by atoms with E-state index in [0.29, 0.717) is 4.47 Å². The summed E-state index contributed by atoms with van der Waals surface area (Å²) in [6, 6.07) is 8.36. The first-order valence-corrected chi connectivity index (χ1v) is 6.65. The second-order valence-electron chi connectivity index (χ2n) is 4.19. The summed E-state index contributed by atoms with van der Waals surface area (Å²) < 4.78 is 53.7. The predicted molar refractivity (Wildman–Crippen MR) is 75.2 cm³/mol. The van der Waals surface area contributed by atoms with Crippen LogP contribution in [0, 0.1) is 5.82 Å². The molecule has 0 fully saturated rings. The minimum Gasteiger partial charge on any atom is -0.406 e. The molecule has 0 aliphatic heterocycles. The van der Waals surface area contributed by atoms with Gasteiger partial charge in [0.15, 0.2) is 0 Å². The molecular weight excluding hydrogens is 370 g/mol. The Bertz CT molecular complexity index is 683. The van der Waals surface area contributed by atoms with Gasteiger partial charge in [-0.1, -0.05) is 22.0 Å². The van der Waals surface area contributed by atoms with Crippen LogP contribution in [0.3, 0.4) is 0 Å². The van der Waals surface area contributed by atoms with Crippen LogP contribution in [0.4, 0.5) is 23.2 Å². The number of rotatable bonds is 3. The number of benzene rings is 2. The monoisotopic (exact) mass is 377 g/mol. The molecule has 116 valence electrons. The number of ether oxygens (including phenoxy) is 1. The standard InChI is InChI=1S/C14H8BrF4NO2/c15-9-4-8(5-10(16)6-9)13(21)20-11-2-1-3-12(7-11)22-14(17,18)19/h1-7H,(H,20,21). The molecular formula is C14H8BrF4NO2. The van der Waals surface area contributed by atoms with Gasteiger partial charge in [-0.3, -0.25) is 4.79 Å². The predicted octanol–water partition coefficient (Wildman–Crippen LogP) is 4.74. The van der Waals surface area contributed by atoms with Crippen LogP contribution >= 0.6 is 15.9 Å². The number of anilines is 1. The number of nitrogens with one attached hydrogen (secondary N) is 1. The van der Waals surface area contributed by atoms with Gasteiger partial charge in [0, 0.05) is 21.8 Å². The van der Waals surface area contributed by atoms with Crippen molar-refractivity contribution in [2.75, 3.05) is 5.32 Å². The van der Waals surface area contributed by atoms with E-state index in [1.54, 1.807) is 0 Å². The molecule has 0 heterocycles. The molecule has 1 amide bonds. The number of amides is 1. The fourth-order valence-corrected chi connectivity index (χ4v) is 2.12. The summed E-state index contributed by atoms with van der Waals surface area (Å²) in [5.41, 5.74) is 0.112. The van der Waals surface area contributed by atoms with E-state index in [1.165, 1.54) is 24.3 Å². The summed E-state index contributed by atoms with van der Waals surface area (Å²) in [6.07, 6.45) is -4.82. The fraction of sp³-hybridized carbons (Fsp3) is 0.0714. The van der Waals surface area contributed by atoms with E-state index in [-0.39, 0.29) is 11.3 Å².